The van der Waals surface area contributed by atoms with Gasteiger partial charge in [-0.2, -0.15) is 5.10 Å². The molecule has 1 atom stereocenters. The maximum absolute atomic E-state index is 12.4. The second kappa shape index (κ2) is 6.28. The minimum absolute atomic E-state index is 0.0621. The van der Waals surface area contributed by atoms with Gasteiger partial charge in [-0.1, -0.05) is 6.58 Å². The van der Waals surface area contributed by atoms with Crippen LogP contribution in [-0.2, 0) is 31.2 Å². The summed E-state index contributed by atoms with van der Waals surface area (Å²) in [6.07, 6.45) is 6.75. The zero-order valence-corrected chi connectivity index (χ0v) is 14.7. The van der Waals surface area contributed by atoms with Crippen molar-refractivity contribution in [3.63, 3.8) is 0 Å². The van der Waals surface area contributed by atoms with E-state index in [9.17, 15) is 4.79 Å². The number of thiazole rings is 1. The van der Waals surface area contributed by atoms with Gasteiger partial charge in [0.05, 0.1) is 24.0 Å². The first-order valence-corrected chi connectivity index (χ1v) is 8.72. The summed E-state index contributed by atoms with van der Waals surface area (Å²) in [4.78, 5) is 20.3. The highest BCUT2D eigenvalue weighted by Crippen LogP contribution is 2.30. The average molecular weight is 330 g/mol. The zero-order valence-electron chi connectivity index (χ0n) is 13.9. The van der Waals surface area contributed by atoms with Crippen molar-refractivity contribution < 1.29 is 4.79 Å². The Bertz CT molecular complexity index is 724. The molecule has 0 aromatic carbocycles. The first-order chi connectivity index (χ1) is 11.0. The predicted octanol–water partition coefficient (Wildman–Crippen LogP) is 2.95. The molecule has 2 aromatic heterocycles. The van der Waals surface area contributed by atoms with Crippen LogP contribution in [0, 0.1) is 6.92 Å². The van der Waals surface area contributed by atoms with E-state index < -0.39 is 0 Å². The van der Waals surface area contributed by atoms with Crippen LogP contribution in [0.25, 0.3) is 0 Å². The smallest absolute Gasteiger partial charge is 0.246 e. The quantitative estimate of drug-likeness (QED) is 0.792. The monoisotopic (exact) mass is 330 g/mol. The SMILES string of the molecule is C=CC(=O)N(Cc1nc2c(s1)CCC2)C(C)c1cn(C)nc1C. The molecule has 2 heterocycles. The lowest BCUT2D eigenvalue weighted by molar-refractivity contribution is -0.128. The third-order valence-electron chi connectivity index (χ3n) is 4.37. The van der Waals surface area contributed by atoms with Gasteiger partial charge in [-0.15, -0.1) is 11.3 Å². The third-order valence-corrected chi connectivity index (χ3v) is 5.51. The average Bonchev–Trinajstić information content (AvgIpc) is 3.17. The van der Waals surface area contributed by atoms with Crippen molar-refractivity contribution in [1.82, 2.24) is 19.7 Å². The summed E-state index contributed by atoms with van der Waals surface area (Å²) in [6, 6.07) is -0.0621. The molecule has 122 valence electrons. The van der Waals surface area contributed by atoms with E-state index in [4.69, 9.17) is 4.98 Å². The molecular formula is C17H22N4OS. The van der Waals surface area contributed by atoms with Crippen LogP contribution in [0.5, 0.6) is 0 Å². The van der Waals surface area contributed by atoms with Crippen molar-refractivity contribution in [2.75, 3.05) is 0 Å². The molecule has 1 unspecified atom stereocenters. The number of aryl methyl sites for hydroxylation is 4. The molecule has 0 N–H and O–H groups in total. The normalized spacial score (nSPS) is 14.6. The van der Waals surface area contributed by atoms with Crippen LogP contribution in [0.15, 0.2) is 18.9 Å². The molecule has 1 aliphatic rings. The zero-order chi connectivity index (χ0) is 16.6. The molecule has 0 aliphatic heterocycles. The summed E-state index contributed by atoms with van der Waals surface area (Å²) in [7, 11) is 1.90. The Balaban J connectivity index is 1.86. The largest absolute Gasteiger partial charge is 0.326 e. The van der Waals surface area contributed by atoms with E-state index >= 15 is 0 Å². The molecule has 3 rings (SSSR count). The molecule has 1 aliphatic carbocycles. The number of carbonyl (C=O) groups is 1. The highest BCUT2D eigenvalue weighted by Gasteiger charge is 2.25. The van der Waals surface area contributed by atoms with Gasteiger partial charge in [0.1, 0.15) is 5.01 Å². The van der Waals surface area contributed by atoms with Crippen LogP contribution in [0.2, 0.25) is 0 Å². The molecule has 0 saturated heterocycles. The van der Waals surface area contributed by atoms with Crippen LogP contribution in [0.4, 0.5) is 0 Å². The molecule has 1 amide bonds. The van der Waals surface area contributed by atoms with Gasteiger partial charge in [-0.25, -0.2) is 4.98 Å². The predicted molar refractivity (Wildman–Crippen MR) is 91.2 cm³/mol. The summed E-state index contributed by atoms with van der Waals surface area (Å²) in [5, 5.41) is 5.40. The Labute approximate surface area is 140 Å². The van der Waals surface area contributed by atoms with E-state index in [1.54, 1.807) is 16.0 Å². The van der Waals surface area contributed by atoms with Crippen LogP contribution in [-0.4, -0.2) is 25.6 Å². The Morgan fingerprint density at radius 1 is 1.57 bits per heavy atom. The molecule has 0 fully saturated rings. The van der Waals surface area contributed by atoms with Crippen LogP contribution >= 0.6 is 11.3 Å². The fourth-order valence-corrected chi connectivity index (χ4v) is 4.33. The number of amides is 1. The topological polar surface area (TPSA) is 51.0 Å². The van der Waals surface area contributed by atoms with Crippen molar-refractivity contribution in [2.24, 2.45) is 7.05 Å². The Morgan fingerprint density at radius 2 is 2.35 bits per heavy atom. The Kier molecular flexibility index (Phi) is 4.35. The first kappa shape index (κ1) is 15.9. The highest BCUT2D eigenvalue weighted by atomic mass is 32.1. The minimum atomic E-state index is -0.0730. The number of nitrogens with zero attached hydrogens (tertiary/aromatic N) is 4. The molecule has 0 bridgehead atoms. The lowest BCUT2D eigenvalue weighted by atomic mass is 10.1. The molecule has 0 radical (unpaired) electrons. The second-order valence-corrected chi connectivity index (χ2v) is 7.19. The number of fused-ring (bicyclic) bond motifs is 1. The third kappa shape index (κ3) is 3.08. The van der Waals surface area contributed by atoms with Gasteiger partial charge >= 0.3 is 0 Å². The Morgan fingerprint density at radius 3 is 2.96 bits per heavy atom. The number of rotatable bonds is 5. The van der Waals surface area contributed by atoms with E-state index in [0.717, 1.165) is 29.1 Å². The van der Waals surface area contributed by atoms with Crippen LogP contribution in [0.3, 0.4) is 0 Å². The van der Waals surface area contributed by atoms with Gasteiger partial charge in [0, 0.05) is 23.7 Å². The van der Waals surface area contributed by atoms with Gasteiger partial charge in [0.25, 0.3) is 0 Å². The lowest BCUT2D eigenvalue weighted by Gasteiger charge is -2.27. The molecule has 0 saturated carbocycles. The number of aromatic nitrogens is 3. The number of carbonyl (C=O) groups excluding carboxylic acids is 1. The highest BCUT2D eigenvalue weighted by molar-refractivity contribution is 7.11. The fraction of sp³-hybridized carbons (Fsp3) is 0.471. The molecule has 2 aromatic rings. The Hall–Kier alpha value is -1.95. The summed E-state index contributed by atoms with van der Waals surface area (Å²) in [6.45, 7) is 8.18. The fourth-order valence-electron chi connectivity index (χ4n) is 3.18. The minimum Gasteiger partial charge on any atom is -0.326 e. The van der Waals surface area contributed by atoms with E-state index in [2.05, 4.69) is 11.7 Å². The van der Waals surface area contributed by atoms with Crippen molar-refractivity contribution in [3.05, 3.63) is 45.7 Å². The van der Waals surface area contributed by atoms with E-state index in [1.807, 2.05) is 32.0 Å². The van der Waals surface area contributed by atoms with Gasteiger partial charge < -0.3 is 4.90 Å². The lowest BCUT2D eigenvalue weighted by Crippen LogP contribution is -2.31. The summed E-state index contributed by atoms with van der Waals surface area (Å²) in [5.41, 5.74) is 3.23. The van der Waals surface area contributed by atoms with Gasteiger partial charge in [0.15, 0.2) is 0 Å². The number of hydrogen-bond acceptors (Lipinski definition) is 4. The van der Waals surface area contributed by atoms with Gasteiger partial charge in [0.2, 0.25) is 5.91 Å². The molecule has 23 heavy (non-hydrogen) atoms. The van der Waals surface area contributed by atoms with Gasteiger partial charge in [-0.3, -0.25) is 9.48 Å². The maximum Gasteiger partial charge on any atom is 0.246 e. The maximum atomic E-state index is 12.4. The van der Waals surface area contributed by atoms with Crippen molar-refractivity contribution in [3.8, 4) is 0 Å². The molecule has 0 spiro atoms. The number of hydrogen-bond donors (Lipinski definition) is 0. The van der Waals surface area contributed by atoms with E-state index in [0.29, 0.717) is 6.54 Å². The van der Waals surface area contributed by atoms with Crippen molar-refractivity contribution in [2.45, 2.75) is 45.7 Å². The summed E-state index contributed by atoms with van der Waals surface area (Å²) < 4.78 is 1.79. The molecular weight excluding hydrogens is 308 g/mol. The van der Waals surface area contributed by atoms with Crippen LogP contribution < -0.4 is 0 Å². The molecule has 6 heteroatoms. The summed E-state index contributed by atoms with van der Waals surface area (Å²) >= 11 is 1.74. The van der Waals surface area contributed by atoms with E-state index in [-0.39, 0.29) is 11.9 Å². The van der Waals surface area contributed by atoms with E-state index in [1.165, 1.54) is 23.1 Å². The summed E-state index contributed by atoms with van der Waals surface area (Å²) in [5.74, 6) is -0.0730. The van der Waals surface area contributed by atoms with Crippen molar-refractivity contribution >= 4 is 17.2 Å². The van der Waals surface area contributed by atoms with Gasteiger partial charge in [-0.05, 0) is 39.2 Å². The second-order valence-electron chi connectivity index (χ2n) is 6.02. The standard InChI is InChI=1S/C17H22N4OS/c1-5-17(22)21(12(3)13-9-20(4)19-11(13)2)10-16-18-14-7-6-8-15(14)23-16/h5,9,12H,1,6-8,10H2,2-4H3. The first-order valence-electron chi connectivity index (χ1n) is 7.90. The van der Waals surface area contributed by atoms with Crippen LogP contribution in [0.1, 0.15) is 46.2 Å². The van der Waals surface area contributed by atoms with Crippen molar-refractivity contribution in [1.29, 1.82) is 0 Å². The molecule has 5 nitrogen and oxygen atoms in total.